The van der Waals surface area contributed by atoms with E-state index >= 15 is 0 Å². The molecule has 1 heterocycles. The minimum atomic E-state index is -0.721. The van der Waals surface area contributed by atoms with Crippen LogP contribution in [0.1, 0.15) is 17.2 Å². The summed E-state index contributed by atoms with van der Waals surface area (Å²) in [7, 11) is 3.05. The normalized spacial score (nSPS) is 16.4. The molecule has 2 amide bonds. The van der Waals surface area contributed by atoms with Crippen LogP contribution in [0, 0.1) is 5.92 Å². The molecule has 4 rings (SSSR count). The van der Waals surface area contributed by atoms with Gasteiger partial charge < -0.3 is 35.5 Å². The van der Waals surface area contributed by atoms with Gasteiger partial charge in [-0.1, -0.05) is 55.1 Å². The van der Waals surface area contributed by atoms with E-state index in [-0.39, 0.29) is 18.4 Å². The summed E-state index contributed by atoms with van der Waals surface area (Å²) in [4.78, 5) is 25.8. The van der Waals surface area contributed by atoms with Gasteiger partial charge in [0.1, 0.15) is 11.7 Å². The fraction of sp³-hybridized carbons (Fsp3) is 0.207. The Morgan fingerprint density at radius 2 is 1.67 bits per heavy atom. The lowest BCUT2D eigenvalue weighted by molar-refractivity contribution is -0.123. The Labute approximate surface area is 232 Å². The third kappa shape index (κ3) is 6.85. The Balaban J connectivity index is 1.48. The summed E-state index contributed by atoms with van der Waals surface area (Å²) >= 11 is 5.35. The molecule has 2 atom stereocenters. The zero-order valence-corrected chi connectivity index (χ0v) is 22.5. The molecule has 3 aromatic rings. The van der Waals surface area contributed by atoms with Crippen LogP contribution in [0.3, 0.4) is 0 Å². The van der Waals surface area contributed by atoms with E-state index < -0.39 is 12.0 Å². The second-order valence-electron chi connectivity index (χ2n) is 8.73. The van der Waals surface area contributed by atoms with Gasteiger partial charge in [-0.15, -0.1) is 0 Å². The zero-order chi connectivity index (χ0) is 27.8. The number of carbonyl (C=O) groups is 2. The van der Waals surface area contributed by atoms with E-state index in [0.717, 1.165) is 11.1 Å². The van der Waals surface area contributed by atoms with Gasteiger partial charge >= 0.3 is 0 Å². The lowest BCUT2D eigenvalue weighted by Gasteiger charge is -2.35. The van der Waals surface area contributed by atoms with E-state index in [2.05, 4.69) is 27.8 Å². The van der Waals surface area contributed by atoms with Crippen molar-refractivity contribution in [3.63, 3.8) is 0 Å². The predicted octanol–water partition coefficient (Wildman–Crippen LogP) is 3.69. The van der Waals surface area contributed by atoms with E-state index in [4.69, 9.17) is 26.4 Å². The van der Waals surface area contributed by atoms with Crippen molar-refractivity contribution in [2.45, 2.75) is 12.6 Å². The van der Waals surface area contributed by atoms with E-state index in [1.54, 1.807) is 30.3 Å². The summed E-state index contributed by atoms with van der Waals surface area (Å²) in [5, 5.41) is 12.2. The molecule has 1 aliphatic rings. The largest absolute Gasteiger partial charge is 0.495 e. The van der Waals surface area contributed by atoms with Gasteiger partial charge in [0, 0.05) is 12.2 Å². The van der Waals surface area contributed by atoms with Crippen LogP contribution in [0.2, 0.25) is 0 Å². The minimum Gasteiger partial charge on any atom is -0.495 e. The van der Waals surface area contributed by atoms with Crippen molar-refractivity contribution in [2.24, 2.45) is 5.92 Å². The van der Waals surface area contributed by atoms with Gasteiger partial charge in [0.05, 0.1) is 25.9 Å². The molecule has 10 heteroatoms. The number of methoxy groups -OCH3 is 2. The number of hydrogen-bond acceptors (Lipinski definition) is 6. The number of benzene rings is 3. The molecule has 4 N–H and O–H groups in total. The van der Waals surface area contributed by atoms with Crippen LogP contribution in [0.4, 0.5) is 5.69 Å². The lowest BCUT2D eigenvalue weighted by atomic mass is 9.88. The van der Waals surface area contributed by atoms with Crippen LogP contribution in [0.25, 0.3) is 0 Å². The van der Waals surface area contributed by atoms with Crippen LogP contribution in [0.5, 0.6) is 17.2 Å². The summed E-state index contributed by atoms with van der Waals surface area (Å²) in [6, 6.07) is 21.5. The maximum Gasteiger partial charge on any atom is 0.258 e. The maximum absolute atomic E-state index is 13.4. The van der Waals surface area contributed by atoms with Gasteiger partial charge in [-0.2, -0.15) is 0 Å². The third-order valence-corrected chi connectivity index (χ3v) is 6.37. The Bertz CT molecular complexity index is 1360. The van der Waals surface area contributed by atoms with Crippen molar-refractivity contribution in [1.82, 2.24) is 16.0 Å². The first-order valence-electron chi connectivity index (χ1n) is 12.2. The highest BCUT2D eigenvalue weighted by molar-refractivity contribution is 7.80. The molecular weight excluding hydrogens is 516 g/mol. The van der Waals surface area contributed by atoms with Crippen LogP contribution in [-0.4, -0.2) is 37.8 Å². The Hall–Kier alpha value is -4.57. The molecule has 0 unspecified atom stereocenters. The van der Waals surface area contributed by atoms with Crippen LogP contribution >= 0.6 is 12.2 Å². The highest BCUT2D eigenvalue weighted by Crippen LogP contribution is 2.36. The van der Waals surface area contributed by atoms with Crippen LogP contribution in [0.15, 0.2) is 85.1 Å². The first-order valence-corrected chi connectivity index (χ1v) is 12.6. The molecule has 1 fully saturated rings. The number of amides is 2. The molecule has 9 nitrogen and oxygen atoms in total. The van der Waals surface area contributed by atoms with Gasteiger partial charge in [0.25, 0.3) is 5.91 Å². The van der Waals surface area contributed by atoms with E-state index in [1.165, 1.54) is 14.2 Å². The summed E-state index contributed by atoms with van der Waals surface area (Å²) in [6.07, 6.45) is 0. The molecule has 3 aromatic carbocycles. The van der Waals surface area contributed by atoms with Crippen molar-refractivity contribution >= 4 is 34.8 Å². The molecule has 0 saturated carbocycles. The SMILES string of the molecule is C=C1NC(=S)N[C@@H](c2ccc(OCC(=O)NCc3ccccc3)c(OC)c2)[C@H]1C(=O)Nc1ccccc1OC. The number of thiocarbonyl (C=S) groups is 1. The Kier molecular flexibility index (Phi) is 9.01. The van der Waals surface area contributed by atoms with E-state index in [1.807, 2.05) is 42.5 Å². The molecule has 1 aliphatic heterocycles. The maximum atomic E-state index is 13.4. The Morgan fingerprint density at radius 3 is 2.41 bits per heavy atom. The second kappa shape index (κ2) is 12.8. The average molecular weight is 547 g/mol. The zero-order valence-electron chi connectivity index (χ0n) is 21.7. The molecule has 0 aliphatic carbocycles. The van der Waals surface area contributed by atoms with Gasteiger partial charge in [-0.05, 0) is 47.6 Å². The van der Waals surface area contributed by atoms with E-state index in [0.29, 0.717) is 40.3 Å². The number of ether oxygens (including phenoxy) is 3. The minimum absolute atomic E-state index is 0.182. The lowest BCUT2D eigenvalue weighted by Crippen LogP contribution is -2.51. The highest BCUT2D eigenvalue weighted by Gasteiger charge is 2.37. The summed E-state index contributed by atoms with van der Waals surface area (Å²) in [6.45, 7) is 4.27. The molecule has 1 saturated heterocycles. The fourth-order valence-corrected chi connectivity index (χ4v) is 4.47. The number of carbonyl (C=O) groups excluding carboxylic acids is 2. The van der Waals surface area contributed by atoms with Crippen LogP contribution in [-0.2, 0) is 16.1 Å². The molecule has 0 radical (unpaired) electrons. The van der Waals surface area contributed by atoms with E-state index in [9.17, 15) is 9.59 Å². The number of para-hydroxylation sites is 2. The number of anilines is 1. The number of rotatable bonds is 10. The molecule has 202 valence electrons. The summed E-state index contributed by atoms with van der Waals surface area (Å²) in [5.74, 6) is 0.0507. The smallest absolute Gasteiger partial charge is 0.258 e. The molecular formula is C29H30N4O5S. The first-order chi connectivity index (χ1) is 18.9. The standard InChI is InChI=1S/C29H30N4O5S/c1-18-26(28(35)32-21-11-7-8-12-22(21)36-2)27(33-29(39)31-18)20-13-14-23(24(15-20)37-3)38-17-25(34)30-16-19-9-5-4-6-10-19/h4-15,26-27H,1,16-17H2,2-3H3,(H,30,34)(H,32,35)(H2,31,33,39)/t26-,27-/m0/s1. The second-order valence-corrected chi connectivity index (χ2v) is 9.14. The van der Waals surface area contributed by atoms with Gasteiger partial charge in [-0.3, -0.25) is 9.59 Å². The molecule has 0 spiro atoms. The van der Waals surface area contributed by atoms with Crippen molar-refractivity contribution in [3.8, 4) is 17.2 Å². The van der Waals surface area contributed by atoms with Gasteiger partial charge in [0.15, 0.2) is 23.2 Å². The van der Waals surface area contributed by atoms with Crippen molar-refractivity contribution in [3.05, 3.63) is 96.2 Å². The number of nitrogens with one attached hydrogen (secondary N) is 4. The topological polar surface area (TPSA) is 110 Å². The van der Waals surface area contributed by atoms with Crippen molar-refractivity contribution in [2.75, 3.05) is 26.1 Å². The van der Waals surface area contributed by atoms with Gasteiger partial charge in [-0.25, -0.2) is 0 Å². The third-order valence-electron chi connectivity index (χ3n) is 6.15. The Morgan fingerprint density at radius 1 is 0.949 bits per heavy atom. The first kappa shape index (κ1) is 27.5. The number of hydrogen-bond donors (Lipinski definition) is 4. The molecule has 39 heavy (non-hydrogen) atoms. The molecule has 0 bridgehead atoms. The summed E-state index contributed by atoms with van der Waals surface area (Å²) < 4.78 is 16.6. The fourth-order valence-electron chi connectivity index (χ4n) is 4.22. The highest BCUT2D eigenvalue weighted by atomic mass is 32.1. The molecule has 0 aromatic heterocycles. The van der Waals surface area contributed by atoms with Crippen molar-refractivity contribution in [1.29, 1.82) is 0 Å². The summed E-state index contributed by atoms with van der Waals surface area (Å²) in [5.41, 5.74) is 2.70. The monoisotopic (exact) mass is 546 g/mol. The van der Waals surface area contributed by atoms with Gasteiger partial charge in [0.2, 0.25) is 5.91 Å². The van der Waals surface area contributed by atoms with Crippen molar-refractivity contribution < 1.29 is 23.8 Å². The predicted molar refractivity (Wildman–Crippen MR) is 153 cm³/mol. The quantitative estimate of drug-likeness (QED) is 0.285. The average Bonchev–Trinajstić information content (AvgIpc) is 2.95. The van der Waals surface area contributed by atoms with Crippen LogP contribution < -0.4 is 35.5 Å².